The van der Waals surface area contributed by atoms with Crippen molar-refractivity contribution in [3.8, 4) is 0 Å². The van der Waals surface area contributed by atoms with Crippen molar-refractivity contribution in [1.29, 1.82) is 0 Å². The van der Waals surface area contributed by atoms with Crippen LogP contribution in [0.25, 0.3) is 0 Å². The highest BCUT2D eigenvalue weighted by Crippen LogP contribution is 2.13. The maximum Gasteiger partial charge on any atom is 0.331 e. The van der Waals surface area contributed by atoms with E-state index in [2.05, 4.69) is 6.58 Å². The van der Waals surface area contributed by atoms with E-state index in [-0.39, 0.29) is 11.2 Å². The molecule has 0 saturated heterocycles. The molecule has 1 unspecified atom stereocenters. The first-order valence-electron chi connectivity index (χ1n) is 3.93. The topological polar surface area (TPSA) is 37.1 Å². The van der Waals surface area contributed by atoms with Gasteiger partial charge in [-0.1, -0.05) is 13.0 Å². The second-order valence-electron chi connectivity index (χ2n) is 2.92. The second kappa shape index (κ2) is 5.19. The molecule has 3 atom stereocenters. The van der Waals surface area contributed by atoms with Gasteiger partial charge in [-0.3, -0.25) is 0 Å². The quantitative estimate of drug-likeness (QED) is 0.488. The zero-order valence-electron chi connectivity index (χ0n) is 7.82. The minimum Gasteiger partial charge on any atom is -0.182 e. The minimum absolute atomic E-state index is 0.106. The van der Waals surface area contributed by atoms with E-state index in [9.17, 15) is 9.12 Å². The van der Waals surface area contributed by atoms with Crippen molar-refractivity contribution in [3.05, 3.63) is 17.6 Å². The van der Waals surface area contributed by atoms with Gasteiger partial charge in [-0.05, 0) is 19.3 Å². The lowest BCUT2D eigenvalue weighted by Crippen LogP contribution is -2.25. The van der Waals surface area contributed by atoms with Crippen LogP contribution in [0.3, 0.4) is 0 Å². The summed E-state index contributed by atoms with van der Waals surface area (Å²) in [6, 6.07) is 0. The molecule has 0 aliphatic heterocycles. The Morgan fingerprint density at radius 3 is 2.42 bits per heavy atom. The molecule has 4 heteroatoms. The van der Waals surface area contributed by atoms with Crippen molar-refractivity contribution in [3.63, 3.8) is 0 Å². The van der Waals surface area contributed by atoms with Crippen LogP contribution in [0.2, 0.25) is 0 Å². The molecule has 3 nitrogen and oxygen atoms in total. The van der Waals surface area contributed by atoms with Crippen LogP contribution in [0.15, 0.2) is 12.7 Å². The summed E-state index contributed by atoms with van der Waals surface area (Å²) in [7, 11) is -0.133. The van der Waals surface area contributed by atoms with Gasteiger partial charge in [0.1, 0.15) is 5.25 Å². The standard InChI is InChI=1S/C8H16NO2S/c1-5-6-7(2)8(3)12(11)9(4)10/h5,7-8H,1,6H2,2-4H3/q+1/t7-,8+,12?/m1/s1. The summed E-state index contributed by atoms with van der Waals surface area (Å²) < 4.78 is 11.8. The lowest BCUT2D eigenvalue weighted by atomic mass is 10.1. The lowest BCUT2D eigenvalue weighted by molar-refractivity contribution is -0.344. The van der Waals surface area contributed by atoms with Gasteiger partial charge in [0.05, 0.1) is 4.17 Å². The van der Waals surface area contributed by atoms with Crippen molar-refractivity contribution in [1.82, 2.24) is 0 Å². The summed E-state index contributed by atoms with van der Waals surface area (Å²) in [5.41, 5.74) is 0. The van der Waals surface area contributed by atoms with Crippen LogP contribution in [0.1, 0.15) is 20.3 Å². The van der Waals surface area contributed by atoms with Crippen LogP contribution in [-0.4, -0.2) is 20.7 Å². The van der Waals surface area contributed by atoms with E-state index < -0.39 is 11.0 Å². The van der Waals surface area contributed by atoms with E-state index in [0.717, 1.165) is 6.42 Å². The van der Waals surface area contributed by atoms with Crippen LogP contribution in [0, 0.1) is 10.8 Å². The zero-order valence-corrected chi connectivity index (χ0v) is 8.63. The van der Waals surface area contributed by atoms with Gasteiger partial charge in [0.2, 0.25) is 7.05 Å². The summed E-state index contributed by atoms with van der Waals surface area (Å²) in [4.78, 5) is 10.7. The van der Waals surface area contributed by atoms with Gasteiger partial charge < -0.3 is 0 Å². The molecule has 0 rings (SSSR count). The SMILES string of the molecule is C=CC[C@@H](C)[C@H](C)S(=O)[N+](C)=O. The summed E-state index contributed by atoms with van der Waals surface area (Å²) in [5, 5.41) is -0.106. The van der Waals surface area contributed by atoms with Crippen LogP contribution < -0.4 is 0 Å². The summed E-state index contributed by atoms with van der Waals surface area (Å²) in [5.74, 6) is 0.236. The molecule has 0 bridgehead atoms. The van der Waals surface area contributed by atoms with Crippen LogP contribution in [-0.2, 0) is 11.0 Å². The Morgan fingerprint density at radius 1 is 1.58 bits per heavy atom. The highest BCUT2D eigenvalue weighted by molar-refractivity contribution is 7.79. The van der Waals surface area contributed by atoms with Gasteiger partial charge in [-0.2, -0.15) is 4.21 Å². The molecule has 0 aliphatic rings. The van der Waals surface area contributed by atoms with E-state index in [4.69, 9.17) is 0 Å². The largest absolute Gasteiger partial charge is 0.331 e. The van der Waals surface area contributed by atoms with Gasteiger partial charge in [0.15, 0.2) is 0 Å². The zero-order chi connectivity index (χ0) is 9.72. The van der Waals surface area contributed by atoms with Gasteiger partial charge in [-0.25, -0.2) is 0 Å². The van der Waals surface area contributed by atoms with Crippen molar-refractivity contribution in [2.75, 3.05) is 7.05 Å². The fourth-order valence-corrected chi connectivity index (χ4v) is 1.86. The number of hydrogen-bond donors (Lipinski definition) is 0. The smallest absolute Gasteiger partial charge is 0.182 e. The fraction of sp³-hybridized carbons (Fsp3) is 0.750. The Labute approximate surface area is 76.0 Å². The minimum atomic E-state index is -1.42. The molecule has 70 valence electrons. The molecule has 0 amide bonds. The molecular weight excluding hydrogens is 174 g/mol. The third-order valence-corrected chi connectivity index (χ3v) is 3.52. The lowest BCUT2D eigenvalue weighted by Gasteiger charge is -2.11. The van der Waals surface area contributed by atoms with Gasteiger partial charge in [0, 0.05) is 4.91 Å². The average Bonchev–Trinajstić information content (AvgIpc) is 2.02. The normalized spacial score (nSPS) is 17.9. The van der Waals surface area contributed by atoms with Crippen LogP contribution in [0.4, 0.5) is 0 Å². The van der Waals surface area contributed by atoms with Gasteiger partial charge >= 0.3 is 11.0 Å². The molecule has 0 saturated carbocycles. The second-order valence-corrected chi connectivity index (χ2v) is 4.73. The van der Waals surface area contributed by atoms with Crippen molar-refractivity contribution in [2.24, 2.45) is 5.92 Å². The third-order valence-electron chi connectivity index (χ3n) is 1.91. The summed E-state index contributed by atoms with van der Waals surface area (Å²) in [6.07, 6.45) is 2.57. The molecule has 0 radical (unpaired) electrons. The Morgan fingerprint density at radius 2 is 2.08 bits per heavy atom. The molecule has 0 heterocycles. The van der Waals surface area contributed by atoms with Crippen molar-refractivity contribution >= 4 is 11.0 Å². The number of rotatable bonds is 5. The molecule has 0 aromatic carbocycles. The molecule has 0 spiro atoms. The molecular formula is C8H16NO2S+. The van der Waals surface area contributed by atoms with E-state index in [1.807, 2.05) is 13.8 Å². The number of hydrogen-bond acceptors (Lipinski definition) is 2. The first kappa shape index (κ1) is 11.5. The molecule has 0 aliphatic carbocycles. The van der Waals surface area contributed by atoms with Crippen LogP contribution >= 0.6 is 0 Å². The van der Waals surface area contributed by atoms with Crippen LogP contribution in [0.5, 0.6) is 0 Å². The maximum absolute atomic E-state index is 11.2. The van der Waals surface area contributed by atoms with E-state index in [1.165, 1.54) is 7.05 Å². The number of nitroso groups, excluding NO2 is 1. The highest BCUT2D eigenvalue weighted by atomic mass is 32.2. The van der Waals surface area contributed by atoms with Gasteiger partial charge in [-0.15, -0.1) is 6.58 Å². The monoisotopic (exact) mass is 190 g/mol. The first-order valence-corrected chi connectivity index (χ1v) is 5.10. The molecule has 0 aromatic rings. The maximum atomic E-state index is 11.2. The summed E-state index contributed by atoms with van der Waals surface area (Å²) in [6.45, 7) is 7.38. The van der Waals surface area contributed by atoms with E-state index in [0.29, 0.717) is 4.17 Å². The highest BCUT2D eigenvalue weighted by Gasteiger charge is 2.27. The number of allylic oxidation sites excluding steroid dienone is 1. The van der Waals surface area contributed by atoms with Gasteiger partial charge in [0.25, 0.3) is 0 Å². The Kier molecular flexibility index (Phi) is 4.97. The van der Waals surface area contributed by atoms with Crippen molar-refractivity contribution < 1.29 is 8.37 Å². The Balaban J connectivity index is 4.17. The Bertz CT molecular complexity index is 203. The molecule has 0 aromatic heterocycles. The van der Waals surface area contributed by atoms with Crippen molar-refractivity contribution in [2.45, 2.75) is 25.5 Å². The first-order chi connectivity index (χ1) is 5.50. The summed E-state index contributed by atoms with van der Waals surface area (Å²) >= 11 is 0. The molecule has 12 heavy (non-hydrogen) atoms. The fourth-order valence-electron chi connectivity index (χ4n) is 0.887. The van der Waals surface area contributed by atoms with E-state index in [1.54, 1.807) is 6.08 Å². The molecule has 0 fully saturated rings. The predicted octanol–water partition coefficient (Wildman–Crippen LogP) is 1.66. The number of nitrogens with zero attached hydrogens (tertiary/aromatic N) is 1. The molecule has 0 N–H and O–H groups in total. The average molecular weight is 190 g/mol. The Hall–Kier alpha value is -0.510. The van der Waals surface area contributed by atoms with E-state index >= 15 is 0 Å². The third kappa shape index (κ3) is 3.26. The predicted molar refractivity (Wildman–Crippen MR) is 51.1 cm³/mol.